The molecule has 0 unspecified atom stereocenters. The molecular weight excluding hydrogens is 388 g/mol. The first-order valence-corrected chi connectivity index (χ1v) is 9.20. The number of ether oxygens (including phenoxy) is 1. The second-order valence-corrected chi connectivity index (χ2v) is 7.33. The maximum Gasteiger partial charge on any atom is 0.366 e. The highest BCUT2D eigenvalue weighted by Gasteiger charge is 2.45. The predicted octanol–water partition coefficient (Wildman–Crippen LogP) is 3.29. The summed E-state index contributed by atoms with van der Waals surface area (Å²) in [5.74, 6) is -1.28. The van der Waals surface area contributed by atoms with E-state index in [0.717, 1.165) is 15.7 Å². The van der Waals surface area contributed by atoms with Gasteiger partial charge in [-0.15, -0.1) is 0 Å². The van der Waals surface area contributed by atoms with Crippen LogP contribution in [0.4, 0.5) is 17.3 Å². The van der Waals surface area contributed by atoms with Crippen molar-refractivity contribution < 1.29 is 19.2 Å². The molecule has 2 heterocycles. The largest absolute Gasteiger partial charge is 0.472 e. The van der Waals surface area contributed by atoms with Crippen LogP contribution in [0.5, 0.6) is 5.75 Å². The summed E-state index contributed by atoms with van der Waals surface area (Å²) in [5, 5.41) is 15.7. The second-order valence-electron chi connectivity index (χ2n) is 7.33. The zero-order valence-corrected chi connectivity index (χ0v) is 16.3. The third-order valence-corrected chi connectivity index (χ3v) is 4.76. The topological polar surface area (TPSA) is 115 Å². The van der Waals surface area contributed by atoms with Crippen molar-refractivity contribution in [2.24, 2.45) is 0 Å². The Morgan fingerprint density at radius 1 is 1.17 bits per heavy atom. The summed E-state index contributed by atoms with van der Waals surface area (Å²) in [6, 6.07) is 15.7. The van der Waals surface area contributed by atoms with Crippen LogP contribution in [0.2, 0.25) is 0 Å². The molecular formula is C21H18N4O5. The fourth-order valence-corrected chi connectivity index (χ4v) is 3.35. The van der Waals surface area contributed by atoms with E-state index in [9.17, 15) is 19.7 Å². The number of nitrogens with one attached hydrogen (secondary N) is 1. The summed E-state index contributed by atoms with van der Waals surface area (Å²) in [6.45, 7) is 2.76. The molecule has 0 spiro atoms. The molecule has 1 aliphatic rings. The van der Waals surface area contributed by atoms with E-state index in [1.54, 1.807) is 19.9 Å². The first-order valence-electron chi connectivity index (χ1n) is 9.20. The number of hydrogen-bond acceptors (Lipinski definition) is 6. The minimum atomic E-state index is -1.25. The zero-order chi connectivity index (χ0) is 21.5. The summed E-state index contributed by atoms with van der Waals surface area (Å²) in [5.41, 5.74) is -0.643. The molecule has 1 aliphatic heterocycles. The second kappa shape index (κ2) is 7.11. The molecule has 3 aromatic rings. The van der Waals surface area contributed by atoms with Crippen LogP contribution in [0, 0.1) is 10.1 Å². The van der Waals surface area contributed by atoms with E-state index in [1.165, 1.54) is 12.1 Å². The van der Waals surface area contributed by atoms with Crippen molar-refractivity contribution in [3.63, 3.8) is 0 Å². The quantitative estimate of drug-likeness (QED) is 0.525. The molecule has 0 saturated heterocycles. The number of carbonyl (C=O) groups excluding carboxylic acids is 2. The molecule has 1 N–H and O–H groups in total. The lowest BCUT2D eigenvalue weighted by Gasteiger charge is -2.35. The number of nitro groups is 1. The van der Waals surface area contributed by atoms with Crippen LogP contribution < -0.4 is 15.0 Å². The third-order valence-electron chi connectivity index (χ3n) is 4.76. The predicted molar refractivity (Wildman–Crippen MR) is 111 cm³/mol. The lowest BCUT2D eigenvalue weighted by Crippen LogP contribution is -2.54. The first-order chi connectivity index (χ1) is 14.3. The number of carbonyl (C=O) groups is 2. The number of hydrogen-bond donors (Lipinski definition) is 1. The Hall–Kier alpha value is -4.01. The van der Waals surface area contributed by atoms with Crippen molar-refractivity contribution in [1.29, 1.82) is 0 Å². The van der Waals surface area contributed by atoms with Crippen LogP contribution in [0.15, 0.2) is 54.6 Å². The van der Waals surface area contributed by atoms with E-state index < -0.39 is 28.2 Å². The number of rotatable bonds is 4. The van der Waals surface area contributed by atoms with Crippen LogP contribution in [0.25, 0.3) is 10.8 Å². The van der Waals surface area contributed by atoms with Gasteiger partial charge < -0.3 is 20.2 Å². The summed E-state index contributed by atoms with van der Waals surface area (Å²) >= 11 is 0. The van der Waals surface area contributed by atoms with Gasteiger partial charge in [-0.2, -0.15) is 0 Å². The highest BCUT2D eigenvalue weighted by atomic mass is 16.6. The van der Waals surface area contributed by atoms with Crippen LogP contribution in [0.3, 0.4) is 0 Å². The van der Waals surface area contributed by atoms with Gasteiger partial charge in [0.25, 0.3) is 11.7 Å². The number of nitrogens with zero attached hydrogens (tertiary/aromatic N) is 3. The average Bonchev–Trinajstić information content (AvgIpc) is 2.71. The fraction of sp³-hybridized carbons (Fsp3) is 0.190. The first kappa shape index (κ1) is 19.3. The molecule has 4 rings (SSSR count). The van der Waals surface area contributed by atoms with E-state index in [1.807, 2.05) is 36.4 Å². The number of anilines is 2. The summed E-state index contributed by atoms with van der Waals surface area (Å²) in [4.78, 5) is 41.2. The van der Waals surface area contributed by atoms with Crippen molar-refractivity contribution in [1.82, 2.24) is 4.98 Å². The molecule has 0 saturated carbocycles. The van der Waals surface area contributed by atoms with E-state index in [-0.39, 0.29) is 18.1 Å². The maximum atomic E-state index is 12.9. The van der Waals surface area contributed by atoms with Crippen molar-refractivity contribution in [2.45, 2.75) is 19.4 Å². The monoisotopic (exact) mass is 406 g/mol. The van der Waals surface area contributed by atoms with Crippen LogP contribution in [-0.2, 0) is 9.59 Å². The molecule has 2 amide bonds. The standard InChI is InChI=1S/C21H18N4O5/c1-21(2)20(27)24(19-16(30-21)10-11-17(23-19)25(28)29)12-18(26)22-15-9-5-7-13-6-3-4-8-14(13)15/h3-11H,12H2,1-2H3,(H,22,26). The van der Waals surface area contributed by atoms with Gasteiger partial charge in [0.2, 0.25) is 5.91 Å². The number of amides is 2. The minimum Gasteiger partial charge on any atom is -0.472 e. The van der Waals surface area contributed by atoms with Gasteiger partial charge in [-0.25, -0.2) is 0 Å². The highest BCUT2D eigenvalue weighted by molar-refractivity contribution is 6.09. The van der Waals surface area contributed by atoms with Crippen molar-refractivity contribution in [2.75, 3.05) is 16.8 Å². The Labute approximate surface area is 171 Å². The molecule has 9 heteroatoms. The minimum absolute atomic E-state index is 0.0541. The van der Waals surface area contributed by atoms with Crippen LogP contribution >= 0.6 is 0 Å². The van der Waals surface area contributed by atoms with E-state index in [4.69, 9.17) is 4.74 Å². The number of aromatic nitrogens is 1. The molecule has 0 fully saturated rings. The third kappa shape index (κ3) is 3.41. The number of benzene rings is 2. The Bertz CT molecular complexity index is 1190. The molecule has 0 atom stereocenters. The lowest BCUT2D eigenvalue weighted by atomic mass is 10.1. The molecule has 152 valence electrons. The summed E-state index contributed by atoms with van der Waals surface area (Å²) in [7, 11) is 0. The van der Waals surface area contributed by atoms with Gasteiger partial charge in [0.15, 0.2) is 11.4 Å². The molecule has 30 heavy (non-hydrogen) atoms. The summed E-state index contributed by atoms with van der Waals surface area (Å²) in [6.07, 6.45) is 0. The molecule has 0 bridgehead atoms. The molecule has 0 radical (unpaired) electrons. The molecule has 0 aliphatic carbocycles. The van der Waals surface area contributed by atoms with Gasteiger partial charge in [0.1, 0.15) is 6.54 Å². The highest BCUT2D eigenvalue weighted by Crippen LogP contribution is 2.37. The Balaban J connectivity index is 1.66. The fourth-order valence-electron chi connectivity index (χ4n) is 3.35. The van der Waals surface area contributed by atoms with E-state index in [2.05, 4.69) is 10.3 Å². The van der Waals surface area contributed by atoms with Gasteiger partial charge in [0, 0.05) is 17.1 Å². The van der Waals surface area contributed by atoms with Gasteiger partial charge in [-0.3, -0.25) is 14.5 Å². The van der Waals surface area contributed by atoms with Gasteiger partial charge in [-0.1, -0.05) is 36.4 Å². The smallest absolute Gasteiger partial charge is 0.366 e. The van der Waals surface area contributed by atoms with Crippen LogP contribution in [0.1, 0.15) is 13.8 Å². The molecule has 1 aromatic heterocycles. The maximum absolute atomic E-state index is 12.9. The average molecular weight is 406 g/mol. The molecule has 2 aromatic carbocycles. The molecule has 9 nitrogen and oxygen atoms in total. The normalized spacial score (nSPS) is 14.7. The zero-order valence-electron chi connectivity index (χ0n) is 16.3. The van der Waals surface area contributed by atoms with E-state index >= 15 is 0 Å². The Kier molecular flexibility index (Phi) is 4.57. The summed E-state index contributed by atoms with van der Waals surface area (Å²) < 4.78 is 5.65. The van der Waals surface area contributed by atoms with Crippen molar-refractivity contribution in [3.8, 4) is 5.75 Å². The van der Waals surface area contributed by atoms with Gasteiger partial charge in [-0.05, 0) is 41.3 Å². The number of fused-ring (bicyclic) bond motifs is 2. The van der Waals surface area contributed by atoms with Gasteiger partial charge >= 0.3 is 5.82 Å². The lowest BCUT2D eigenvalue weighted by molar-refractivity contribution is -0.389. The van der Waals surface area contributed by atoms with Crippen molar-refractivity contribution >= 4 is 39.9 Å². The Morgan fingerprint density at radius 3 is 2.67 bits per heavy atom. The van der Waals surface area contributed by atoms with Crippen LogP contribution in [-0.4, -0.2) is 33.9 Å². The van der Waals surface area contributed by atoms with Gasteiger partial charge in [0.05, 0.1) is 0 Å². The van der Waals surface area contributed by atoms with Crippen molar-refractivity contribution in [3.05, 3.63) is 64.7 Å². The Morgan fingerprint density at radius 2 is 1.90 bits per heavy atom. The SMILES string of the molecule is CC1(C)Oc2ccc([N+](=O)[O-])nc2N(CC(=O)Nc2cccc3ccccc23)C1=O. The number of pyridine rings is 1. The van der Waals surface area contributed by atoms with E-state index in [0.29, 0.717) is 5.69 Å².